The Labute approximate surface area is 108 Å². The van der Waals surface area contributed by atoms with Crippen molar-refractivity contribution < 1.29 is 9.72 Å². The summed E-state index contributed by atoms with van der Waals surface area (Å²) in [6, 6.07) is 0. The molecular formula is C9H12ClN5O3. The van der Waals surface area contributed by atoms with Gasteiger partial charge in [-0.05, 0) is 18.5 Å². The highest BCUT2D eigenvalue weighted by Crippen LogP contribution is 2.21. The molecule has 0 atom stereocenters. The summed E-state index contributed by atoms with van der Waals surface area (Å²) in [5.41, 5.74) is -0.282. The topological polar surface area (TPSA) is 110 Å². The maximum absolute atomic E-state index is 11.2. The number of amides is 1. The fraction of sp³-hybridized carbons (Fsp3) is 0.444. The monoisotopic (exact) mass is 273 g/mol. The van der Waals surface area contributed by atoms with Gasteiger partial charge in [0.25, 0.3) is 0 Å². The maximum atomic E-state index is 11.2. The first kappa shape index (κ1) is 14.1. The highest BCUT2D eigenvalue weighted by molar-refractivity contribution is 6.28. The van der Waals surface area contributed by atoms with Gasteiger partial charge in [0, 0.05) is 19.5 Å². The van der Waals surface area contributed by atoms with E-state index in [0.717, 1.165) is 6.20 Å². The lowest BCUT2D eigenvalue weighted by atomic mass is 10.4. The fourth-order valence-corrected chi connectivity index (χ4v) is 1.33. The molecule has 9 heteroatoms. The lowest BCUT2D eigenvalue weighted by molar-refractivity contribution is -0.384. The van der Waals surface area contributed by atoms with Crippen LogP contribution in [0.5, 0.6) is 0 Å². The summed E-state index contributed by atoms with van der Waals surface area (Å²) in [4.78, 5) is 28.5. The van der Waals surface area contributed by atoms with E-state index >= 15 is 0 Å². The largest absolute Gasteiger partial charge is 0.364 e. The molecule has 1 rings (SSSR count). The third-order valence-corrected chi connectivity index (χ3v) is 2.14. The molecule has 0 aliphatic heterocycles. The lowest BCUT2D eigenvalue weighted by Crippen LogP contribution is -2.25. The predicted molar refractivity (Wildman–Crippen MR) is 65.5 cm³/mol. The van der Waals surface area contributed by atoms with Gasteiger partial charge in [-0.25, -0.2) is 4.98 Å². The van der Waals surface area contributed by atoms with Gasteiger partial charge in [0.2, 0.25) is 17.0 Å². The van der Waals surface area contributed by atoms with Gasteiger partial charge in [-0.1, -0.05) is 0 Å². The maximum Gasteiger partial charge on any atom is 0.329 e. The van der Waals surface area contributed by atoms with E-state index in [9.17, 15) is 14.9 Å². The van der Waals surface area contributed by atoms with E-state index in [1.54, 1.807) is 6.92 Å². The Hall–Kier alpha value is -1.96. The molecule has 2 N–H and O–H groups in total. The summed E-state index contributed by atoms with van der Waals surface area (Å²) >= 11 is 5.55. The zero-order valence-electron chi connectivity index (χ0n) is 9.64. The molecule has 98 valence electrons. The second kappa shape index (κ2) is 6.70. The summed E-state index contributed by atoms with van der Waals surface area (Å²) in [6.45, 7) is 2.57. The third kappa shape index (κ3) is 4.13. The van der Waals surface area contributed by atoms with Crippen molar-refractivity contribution in [2.45, 2.75) is 13.3 Å². The minimum Gasteiger partial charge on any atom is -0.364 e. The normalized spacial score (nSPS) is 9.89. The first-order chi connectivity index (χ1) is 8.54. The standard InChI is InChI=1S/C9H12ClN5O3/c1-2-11-7(16)3-4-12-8-6(15(17)18)5-13-9(10)14-8/h5H,2-4H2,1H3,(H,11,16)(H,12,13,14). The summed E-state index contributed by atoms with van der Waals surface area (Å²) in [5.74, 6) is -0.142. The zero-order chi connectivity index (χ0) is 13.5. The van der Waals surface area contributed by atoms with Crippen LogP contribution in [0, 0.1) is 10.1 Å². The molecule has 0 fully saturated rings. The highest BCUT2D eigenvalue weighted by Gasteiger charge is 2.16. The minimum atomic E-state index is -0.620. The number of carbonyl (C=O) groups is 1. The average molecular weight is 274 g/mol. The SMILES string of the molecule is CCNC(=O)CCNc1nc(Cl)ncc1[N+](=O)[O-]. The molecule has 0 aliphatic rings. The van der Waals surface area contributed by atoms with Crippen molar-refractivity contribution in [3.63, 3.8) is 0 Å². The Morgan fingerprint density at radius 2 is 2.33 bits per heavy atom. The van der Waals surface area contributed by atoms with Gasteiger partial charge in [-0.15, -0.1) is 0 Å². The van der Waals surface area contributed by atoms with Crippen LogP contribution < -0.4 is 10.6 Å². The van der Waals surface area contributed by atoms with E-state index < -0.39 is 4.92 Å². The number of aromatic nitrogens is 2. The molecule has 0 aliphatic carbocycles. The van der Waals surface area contributed by atoms with Gasteiger partial charge < -0.3 is 10.6 Å². The smallest absolute Gasteiger partial charge is 0.329 e. The van der Waals surface area contributed by atoms with Gasteiger partial charge in [0.15, 0.2) is 0 Å². The van der Waals surface area contributed by atoms with Crippen LogP contribution >= 0.6 is 11.6 Å². The van der Waals surface area contributed by atoms with Crippen LogP contribution in [-0.4, -0.2) is 33.9 Å². The molecule has 1 amide bonds. The van der Waals surface area contributed by atoms with Crippen molar-refractivity contribution in [3.05, 3.63) is 21.6 Å². The molecule has 1 aromatic heterocycles. The van der Waals surface area contributed by atoms with Gasteiger partial charge >= 0.3 is 5.69 Å². The molecule has 0 spiro atoms. The third-order valence-electron chi connectivity index (χ3n) is 1.96. The summed E-state index contributed by atoms with van der Waals surface area (Å²) in [6.07, 6.45) is 1.20. The molecule has 1 aromatic rings. The van der Waals surface area contributed by atoms with Crippen LogP contribution in [0.2, 0.25) is 5.28 Å². The Kier molecular flexibility index (Phi) is 5.25. The number of halogens is 1. The molecule has 0 saturated heterocycles. The minimum absolute atomic E-state index is 0.00398. The van der Waals surface area contributed by atoms with E-state index in [-0.39, 0.29) is 35.7 Å². The Bertz CT molecular complexity index is 454. The van der Waals surface area contributed by atoms with Gasteiger partial charge in [0.1, 0.15) is 6.20 Å². The van der Waals surface area contributed by atoms with Crippen LogP contribution in [0.1, 0.15) is 13.3 Å². The Balaban J connectivity index is 2.63. The highest BCUT2D eigenvalue weighted by atomic mass is 35.5. The molecular weight excluding hydrogens is 262 g/mol. The number of nitro groups is 1. The van der Waals surface area contributed by atoms with Crippen LogP contribution in [-0.2, 0) is 4.79 Å². The van der Waals surface area contributed by atoms with E-state index in [1.807, 2.05) is 0 Å². The number of nitrogens with zero attached hydrogens (tertiary/aromatic N) is 3. The molecule has 1 heterocycles. The van der Waals surface area contributed by atoms with E-state index in [2.05, 4.69) is 20.6 Å². The number of anilines is 1. The van der Waals surface area contributed by atoms with Crippen molar-refractivity contribution in [2.24, 2.45) is 0 Å². The average Bonchev–Trinajstić information content (AvgIpc) is 2.29. The summed E-state index contributed by atoms with van der Waals surface area (Å²) < 4.78 is 0. The number of rotatable bonds is 6. The van der Waals surface area contributed by atoms with Gasteiger partial charge in [-0.2, -0.15) is 4.98 Å². The van der Waals surface area contributed by atoms with Crippen molar-refractivity contribution in [1.82, 2.24) is 15.3 Å². The van der Waals surface area contributed by atoms with Crippen molar-refractivity contribution in [2.75, 3.05) is 18.4 Å². The fourth-order valence-electron chi connectivity index (χ4n) is 1.20. The van der Waals surface area contributed by atoms with Crippen LogP contribution in [0.25, 0.3) is 0 Å². The Morgan fingerprint density at radius 1 is 1.61 bits per heavy atom. The van der Waals surface area contributed by atoms with Crippen molar-refractivity contribution in [3.8, 4) is 0 Å². The number of nitrogens with one attached hydrogen (secondary N) is 2. The predicted octanol–water partition coefficient (Wildman–Crippen LogP) is 0.976. The van der Waals surface area contributed by atoms with Crippen molar-refractivity contribution in [1.29, 1.82) is 0 Å². The molecule has 0 aromatic carbocycles. The first-order valence-corrected chi connectivity index (χ1v) is 5.60. The molecule has 0 radical (unpaired) electrons. The molecule has 0 saturated carbocycles. The van der Waals surface area contributed by atoms with Crippen LogP contribution in [0.3, 0.4) is 0 Å². The number of hydrogen-bond donors (Lipinski definition) is 2. The molecule has 8 nitrogen and oxygen atoms in total. The van der Waals surface area contributed by atoms with E-state index in [4.69, 9.17) is 11.6 Å². The van der Waals surface area contributed by atoms with E-state index in [1.165, 1.54) is 0 Å². The Morgan fingerprint density at radius 3 is 2.94 bits per heavy atom. The zero-order valence-corrected chi connectivity index (χ0v) is 10.4. The van der Waals surface area contributed by atoms with Crippen LogP contribution in [0.4, 0.5) is 11.5 Å². The van der Waals surface area contributed by atoms with Crippen LogP contribution in [0.15, 0.2) is 6.20 Å². The quantitative estimate of drug-likeness (QED) is 0.454. The number of carbonyl (C=O) groups excluding carboxylic acids is 1. The molecule has 0 bridgehead atoms. The second-order valence-corrected chi connectivity index (χ2v) is 3.60. The second-order valence-electron chi connectivity index (χ2n) is 3.26. The lowest BCUT2D eigenvalue weighted by Gasteiger charge is -2.06. The number of hydrogen-bond acceptors (Lipinski definition) is 6. The van der Waals surface area contributed by atoms with Gasteiger partial charge in [-0.3, -0.25) is 14.9 Å². The van der Waals surface area contributed by atoms with Crippen molar-refractivity contribution >= 4 is 29.0 Å². The summed E-state index contributed by atoms with van der Waals surface area (Å²) in [7, 11) is 0. The van der Waals surface area contributed by atoms with Gasteiger partial charge in [0.05, 0.1) is 4.92 Å². The molecule has 18 heavy (non-hydrogen) atoms. The van der Waals surface area contributed by atoms with E-state index in [0.29, 0.717) is 6.54 Å². The summed E-state index contributed by atoms with van der Waals surface area (Å²) in [5, 5.41) is 15.9. The molecule has 0 unspecified atom stereocenters. The first-order valence-electron chi connectivity index (χ1n) is 5.22.